The number of aryl methyl sites for hydroxylation is 1. The Hall–Kier alpha value is -0.370. The van der Waals surface area contributed by atoms with E-state index in [9.17, 15) is 4.39 Å². The van der Waals surface area contributed by atoms with Crippen LogP contribution >= 0.6 is 11.3 Å². The third kappa shape index (κ3) is 1.07. The molecule has 1 aromatic rings. The first kappa shape index (κ1) is 5.76. The van der Waals surface area contributed by atoms with Crippen molar-refractivity contribution in [1.82, 2.24) is 0 Å². The monoisotopic (exact) mass is 130 g/mol. The van der Waals surface area contributed by atoms with E-state index in [1.807, 2.05) is 19.1 Å². The number of rotatable bonds is 1. The lowest BCUT2D eigenvalue weighted by atomic mass is 10.4. The van der Waals surface area contributed by atoms with Crippen molar-refractivity contribution in [2.45, 2.75) is 13.6 Å². The molecule has 1 heterocycles. The van der Waals surface area contributed by atoms with Gasteiger partial charge in [-0.05, 0) is 19.1 Å². The van der Waals surface area contributed by atoms with Crippen molar-refractivity contribution in [2.75, 3.05) is 0 Å². The van der Waals surface area contributed by atoms with Crippen molar-refractivity contribution < 1.29 is 4.39 Å². The van der Waals surface area contributed by atoms with E-state index in [4.69, 9.17) is 0 Å². The van der Waals surface area contributed by atoms with Crippen molar-refractivity contribution in [3.05, 3.63) is 21.9 Å². The Balaban J connectivity index is 2.84. The summed E-state index contributed by atoms with van der Waals surface area (Å²) in [6, 6.07) is 3.75. The fourth-order valence-corrected chi connectivity index (χ4v) is 1.30. The van der Waals surface area contributed by atoms with Gasteiger partial charge in [-0.1, -0.05) is 0 Å². The maximum atomic E-state index is 11.7. The molecule has 0 aromatic carbocycles. The smallest absolute Gasteiger partial charge is 0.124 e. The highest BCUT2D eigenvalue weighted by Crippen LogP contribution is 2.15. The normalized spacial score (nSPS) is 9.75. The Bertz CT molecular complexity index is 169. The van der Waals surface area contributed by atoms with E-state index in [-0.39, 0.29) is 6.67 Å². The van der Waals surface area contributed by atoms with Gasteiger partial charge >= 0.3 is 0 Å². The van der Waals surface area contributed by atoms with Gasteiger partial charge in [-0.15, -0.1) is 11.3 Å². The minimum Gasteiger partial charge on any atom is -0.245 e. The van der Waals surface area contributed by atoms with Crippen LogP contribution < -0.4 is 0 Å². The molecule has 0 amide bonds. The first-order chi connectivity index (χ1) is 3.83. The van der Waals surface area contributed by atoms with Crippen LogP contribution in [-0.4, -0.2) is 0 Å². The quantitative estimate of drug-likeness (QED) is 0.548. The summed E-state index contributed by atoms with van der Waals surface area (Å²) >= 11 is 1.51. The first-order valence-electron chi connectivity index (χ1n) is 2.44. The molecule has 2 heteroatoms. The second-order valence-electron chi connectivity index (χ2n) is 1.65. The van der Waals surface area contributed by atoms with E-state index < -0.39 is 0 Å². The molecule has 0 unspecified atom stereocenters. The highest BCUT2D eigenvalue weighted by molar-refractivity contribution is 7.11. The summed E-state index contributed by atoms with van der Waals surface area (Å²) < 4.78 is 11.7. The van der Waals surface area contributed by atoms with Crippen LogP contribution in [0.5, 0.6) is 0 Å². The Morgan fingerprint density at radius 3 is 2.62 bits per heavy atom. The number of hydrogen-bond acceptors (Lipinski definition) is 1. The molecular weight excluding hydrogens is 123 g/mol. The average molecular weight is 130 g/mol. The van der Waals surface area contributed by atoms with Crippen LogP contribution in [0.1, 0.15) is 9.75 Å². The topological polar surface area (TPSA) is 0 Å². The predicted octanol–water partition coefficient (Wildman–Crippen LogP) is 2.53. The molecule has 0 spiro atoms. The molecule has 0 aliphatic heterocycles. The molecule has 0 saturated carbocycles. The van der Waals surface area contributed by atoms with E-state index >= 15 is 0 Å². The summed E-state index contributed by atoms with van der Waals surface area (Å²) in [6.07, 6.45) is 0. The van der Waals surface area contributed by atoms with Crippen molar-refractivity contribution in [3.63, 3.8) is 0 Å². The second kappa shape index (κ2) is 2.27. The summed E-state index contributed by atoms with van der Waals surface area (Å²) in [6.45, 7) is 1.66. The van der Waals surface area contributed by atoms with Crippen molar-refractivity contribution in [1.29, 1.82) is 0 Å². The number of alkyl halides is 1. The molecule has 0 saturated heterocycles. The van der Waals surface area contributed by atoms with Gasteiger partial charge in [-0.2, -0.15) is 0 Å². The van der Waals surface area contributed by atoms with Gasteiger partial charge in [-0.25, -0.2) is 4.39 Å². The molecule has 8 heavy (non-hydrogen) atoms. The zero-order chi connectivity index (χ0) is 5.98. The molecule has 0 bridgehead atoms. The molecule has 0 N–H and O–H groups in total. The molecule has 0 nitrogen and oxygen atoms in total. The van der Waals surface area contributed by atoms with Crippen LogP contribution in [-0.2, 0) is 6.67 Å². The maximum absolute atomic E-state index is 11.7. The van der Waals surface area contributed by atoms with Gasteiger partial charge < -0.3 is 0 Å². The van der Waals surface area contributed by atoms with Crippen LogP contribution in [0.25, 0.3) is 0 Å². The van der Waals surface area contributed by atoms with E-state index in [1.165, 1.54) is 16.2 Å². The van der Waals surface area contributed by atoms with Crippen LogP contribution in [0.2, 0.25) is 0 Å². The lowest BCUT2D eigenvalue weighted by Gasteiger charge is -1.77. The van der Waals surface area contributed by atoms with Gasteiger partial charge in [0, 0.05) is 9.75 Å². The Labute approximate surface area is 52.0 Å². The van der Waals surface area contributed by atoms with Crippen LogP contribution in [0.15, 0.2) is 12.1 Å². The average Bonchev–Trinajstić information content (AvgIpc) is 2.14. The van der Waals surface area contributed by atoms with Gasteiger partial charge in [-0.3, -0.25) is 0 Å². The highest BCUT2D eigenvalue weighted by atomic mass is 32.1. The molecule has 1 aromatic heterocycles. The fraction of sp³-hybridized carbons (Fsp3) is 0.333. The largest absolute Gasteiger partial charge is 0.245 e. The van der Waals surface area contributed by atoms with Crippen molar-refractivity contribution in [2.24, 2.45) is 0 Å². The Kier molecular flexibility index (Phi) is 1.63. The number of halogens is 1. The third-order valence-corrected chi connectivity index (χ3v) is 1.89. The van der Waals surface area contributed by atoms with E-state index in [1.54, 1.807) is 0 Å². The summed E-state index contributed by atoms with van der Waals surface area (Å²) in [5.41, 5.74) is 0. The van der Waals surface area contributed by atoms with E-state index in [0.717, 1.165) is 4.88 Å². The maximum Gasteiger partial charge on any atom is 0.124 e. The zero-order valence-electron chi connectivity index (χ0n) is 4.65. The number of thiophene rings is 1. The highest BCUT2D eigenvalue weighted by Gasteiger charge is 1.91. The van der Waals surface area contributed by atoms with Crippen molar-refractivity contribution in [3.8, 4) is 0 Å². The molecule has 0 atom stereocenters. The zero-order valence-corrected chi connectivity index (χ0v) is 5.46. The summed E-state index contributed by atoms with van der Waals surface area (Å²) in [5.74, 6) is 0. The van der Waals surface area contributed by atoms with Gasteiger partial charge in [0.2, 0.25) is 0 Å². The standard InChI is InChI=1S/C6H7FS/c1-5-2-3-6(4-7)8-5/h2-3H,4H2,1H3. The first-order valence-corrected chi connectivity index (χ1v) is 3.26. The molecule has 0 radical (unpaired) electrons. The molecular formula is C6H7FS. The SMILES string of the molecule is Cc1ccc(CF)s1. The van der Waals surface area contributed by atoms with Crippen LogP contribution in [0, 0.1) is 6.92 Å². The van der Waals surface area contributed by atoms with Crippen LogP contribution in [0.4, 0.5) is 4.39 Å². The van der Waals surface area contributed by atoms with E-state index in [0.29, 0.717) is 0 Å². The molecule has 44 valence electrons. The van der Waals surface area contributed by atoms with Crippen molar-refractivity contribution >= 4 is 11.3 Å². The van der Waals surface area contributed by atoms with Gasteiger partial charge in [0.25, 0.3) is 0 Å². The summed E-state index contributed by atoms with van der Waals surface area (Å²) in [7, 11) is 0. The fourth-order valence-electron chi connectivity index (χ4n) is 0.557. The molecule has 0 fully saturated rings. The minimum absolute atomic E-state index is 0.321. The molecule has 1 rings (SSSR count). The van der Waals surface area contributed by atoms with Gasteiger partial charge in [0.05, 0.1) is 0 Å². The van der Waals surface area contributed by atoms with E-state index in [2.05, 4.69) is 0 Å². The summed E-state index contributed by atoms with van der Waals surface area (Å²) in [4.78, 5) is 2.00. The Morgan fingerprint density at radius 1 is 1.62 bits per heavy atom. The third-order valence-electron chi connectivity index (χ3n) is 0.928. The summed E-state index contributed by atoms with van der Waals surface area (Å²) in [5, 5.41) is 0. The van der Waals surface area contributed by atoms with Gasteiger partial charge in [0.1, 0.15) is 6.67 Å². The predicted molar refractivity (Wildman–Crippen MR) is 33.9 cm³/mol. The number of hydrogen-bond donors (Lipinski definition) is 0. The van der Waals surface area contributed by atoms with Gasteiger partial charge in [0.15, 0.2) is 0 Å². The lowest BCUT2D eigenvalue weighted by molar-refractivity contribution is 0.491. The molecule has 0 aliphatic rings. The second-order valence-corrected chi connectivity index (χ2v) is 3.02. The van der Waals surface area contributed by atoms with Crippen LogP contribution in [0.3, 0.4) is 0 Å². The lowest BCUT2D eigenvalue weighted by Crippen LogP contribution is -1.60. The minimum atomic E-state index is -0.321. The Morgan fingerprint density at radius 2 is 2.38 bits per heavy atom. The molecule has 0 aliphatic carbocycles.